The molecule has 1 heterocycles. The van der Waals surface area contributed by atoms with E-state index in [0.717, 1.165) is 4.57 Å². The fourth-order valence-corrected chi connectivity index (χ4v) is 3.15. The van der Waals surface area contributed by atoms with Gasteiger partial charge >= 0.3 is 5.69 Å². The summed E-state index contributed by atoms with van der Waals surface area (Å²) in [5, 5.41) is 3.22. The van der Waals surface area contributed by atoms with E-state index in [9.17, 15) is 19.2 Å². The molecule has 3 aromatic rings. The van der Waals surface area contributed by atoms with Crippen molar-refractivity contribution in [1.29, 1.82) is 0 Å². The van der Waals surface area contributed by atoms with E-state index < -0.39 is 17.2 Å². The van der Waals surface area contributed by atoms with E-state index in [-0.39, 0.29) is 28.6 Å². The van der Waals surface area contributed by atoms with E-state index in [2.05, 4.69) is 10.3 Å². The number of hydrogen-bond acceptors (Lipinski definition) is 4. The van der Waals surface area contributed by atoms with Gasteiger partial charge in [-0.3, -0.25) is 19.0 Å². The van der Waals surface area contributed by atoms with Crippen LogP contribution in [0.25, 0.3) is 10.9 Å². The lowest BCUT2D eigenvalue weighted by atomic mass is 10.1. The van der Waals surface area contributed by atoms with Gasteiger partial charge in [-0.25, -0.2) is 4.79 Å². The van der Waals surface area contributed by atoms with Crippen molar-refractivity contribution < 1.29 is 9.59 Å². The molecule has 0 radical (unpaired) electrons. The number of anilines is 1. The van der Waals surface area contributed by atoms with Crippen molar-refractivity contribution in [2.45, 2.75) is 13.5 Å². The first-order valence-corrected chi connectivity index (χ1v) is 9.20. The van der Waals surface area contributed by atoms with Gasteiger partial charge in [0.15, 0.2) is 0 Å². The third-order valence-electron chi connectivity index (χ3n) is 4.42. The molecular weight excluding hydrogens is 396 g/mol. The first-order chi connectivity index (χ1) is 13.7. The number of benzene rings is 2. The normalized spacial score (nSPS) is 10.8. The number of aromatic amines is 1. The molecule has 0 fully saturated rings. The Morgan fingerprint density at radius 2 is 1.86 bits per heavy atom. The van der Waals surface area contributed by atoms with Crippen molar-refractivity contribution in [3.05, 3.63) is 73.4 Å². The van der Waals surface area contributed by atoms with E-state index in [0.29, 0.717) is 16.6 Å². The zero-order valence-electron chi connectivity index (χ0n) is 16.1. The monoisotopic (exact) mass is 414 g/mol. The van der Waals surface area contributed by atoms with Crippen LogP contribution in [0.5, 0.6) is 0 Å². The average molecular weight is 415 g/mol. The Morgan fingerprint density at radius 1 is 1.14 bits per heavy atom. The Morgan fingerprint density at radius 3 is 2.48 bits per heavy atom. The fourth-order valence-electron chi connectivity index (χ4n) is 2.89. The summed E-state index contributed by atoms with van der Waals surface area (Å²) in [6, 6.07) is 9.04. The predicted octanol–water partition coefficient (Wildman–Crippen LogP) is 2.32. The highest BCUT2D eigenvalue weighted by Crippen LogP contribution is 2.22. The molecule has 0 aliphatic carbocycles. The molecule has 9 heteroatoms. The van der Waals surface area contributed by atoms with Crippen molar-refractivity contribution in [3.63, 3.8) is 0 Å². The van der Waals surface area contributed by atoms with Crippen molar-refractivity contribution in [3.8, 4) is 0 Å². The third-order valence-corrected chi connectivity index (χ3v) is 4.74. The second-order valence-corrected chi connectivity index (χ2v) is 7.00. The number of nitrogens with zero attached hydrogens (tertiary/aromatic N) is 2. The third kappa shape index (κ3) is 3.93. The molecule has 0 spiro atoms. The number of H-pyrrole nitrogens is 1. The van der Waals surface area contributed by atoms with Crippen LogP contribution in [0.2, 0.25) is 5.02 Å². The first-order valence-electron chi connectivity index (χ1n) is 8.82. The summed E-state index contributed by atoms with van der Waals surface area (Å²) < 4.78 is 1.08. The van der Waals surface area contributed by atoms with Crippen molar-refractivity contribution in [1.82, 2.24) is 14.5 Å². The zero-order valence-corrected chi connectivity index (χ0v) is 16.8. The summed E-state index contributed by atoms with van der Waals surface area (Å²) >= 11 is 6.16. The largest absolute Gasteiger partial charge is 0.345 e. The van der Waals surface area contributed by atoms with Crippen LogP contribution < -0.4 is 16.6 Å². The Labute approximate surface area is 170 Å². The Hall–Kier alpha value is -3.39. The highest BCUT2D eigenvalue weighted by molar-refractivity contribution is 6.34. The van der Waals surface area contributed by atoms with Crippen molar-refractivity contribution in [2.75, 3.05) is 19.4 Å². The average Bonchev–Trinajstić information content (AvgIpc) is 2.67. The van der Waals surface area contributed by atoms with Gasteiger partial charge in [0.25, 0.3) is 17.4 Å². The first kappa shape index (κ1) is 20.3. The molecule has 0 saturated heterocycles. The summed E-state index contributed by atoms with van der Waals surface area (Å²) in [5.41, 5.74) is 0.325. The molecule has 0 bridgehead atoms. The number of rotatable bonds is 4. The van der Waals surface area contributed by atoms with Gasteiger partial charge < -0.3 is 15.2 Å². The molecule has 0 unspecified atom stereocenters. The number of amides is 2. The molecule has 0 aliphatic rings. The maximum absolute atomic E-state index is 12.6. The molecule has 2 amide bonds. The van der Waals surface area contributed by atoms with Gasteiger partial charge in [0.1, 0.15) is 0 Å². The van der Waals surface area contributed by atoms with E-state index in [4.69, 9.17) is 11.6 Å². The van der Waals surface area contributed by atoms with Gasteiger partial charge in [-0.1, -0.05) is 11.6 Å². The molecule has 0 aliphatic heterocycles. The van der Waals surface area contributed by atoms with Crippen molar-refractivity contribution in [2.24, 2.45) is 0 Å². The maximum Gasteiger partial charge on any atom is 0.328 e. The second-order valence-electron chi connectivity index (χ2n) is 6.59. The van der Waals surface area contributed by atoms with Gasteiger partial charge in [0.2, 0.25) is 0 Å². The van der Waals surface area contributed by atoms with E-state index in [1.54, 1.807) is 27.1 Å². The van der Waals surface area contributed by atoms with Crippen LogP contribution in [0.1, 0.15) is 27.6 Å². The predicted molar refractivity (Wildman–Crippen MR) is 112 cm³/mol. The number of aromatic nitrogens is 2. The molecule has 2 aromatic carbocycles. The molecule has 0 saturated carbocycles. The number of halogens is 1. The summed E-state index contributed by atoms with van der Waals surface area (Å²) in [6.45, 7) is 1.95. The molecule has 8 nitrogen and oxygen atoms in total. The SMILES string of the molecule is CCn1c(=O)[nH]c2cc(C(=O)Nc3ccc(C(=O)N(C)C)c(Cl)c3)ccc2c1=O. The Kier molecular flexibility index (Phi) is 5.56. The lowest BCUT2D eigenvalue weighted by molar-refractivity contribution is 0.0827. The summed E-state index contributed by atoms with van der Waals surface area (Å²) in [4.78, 5) is 53.0. The molecule has 150 valence electrons. The number of carbonyl (C=O) groups is 2. The van der Waals surface area contributed by atoms with Crippen LogP contribution >= 0.6 is 11.6 Å². The second kappa shape index (κ2) is 7.92. The number of hydrogen-bond donors (Lipinski definition) is 2. The highest BCUT2D eigenvalue weighted by atomic mass is 35.5. The minimum absolute atomic E-state index is 0.212. The molecule has 2 N–H and O–H groups in total. The lowest BCUT2D eigenvalue weighted by Crippen LogP contribution is -2.34. The Balaban J connectivity index is 1.90. The topological polar surface area (TPSA) is 104 Å². The van der Waals surface area contributed by atoms with Crippen LogP contribution in [-0.2, 0) is 6.54 Å². The van der Waals surface area contributed by atoms with Crippen LogP contribution in [-0.4, -0.2) is 40.4 Å². The van der Waals surface area contributed by atoms with Crippen molar-refractivity contribution >= 4 is 40.0 Å². The lowest BCUT2D eigenvalue weighted by Gasteiger charge is -2.13. The fraction of sp³-hybridized carbons (Fsp3) is 0.200. The van der Waals surface area contributed by atoms with E-state index in [1.807, 2.05) is 0 Å². The minimum Gasteiger partial charge on any atom is -0.345 e. The van der Waals surface area contributed by atoms with Gasteiger partial charge in [-0.05, 0) is 43.3 Å². The van der Waals surface area contributed by atoms with Gasteiger partial charge in [-0.15, -0.1) is 0 Å². The van der Waals surface area contributed by atoms with Crippen LogP contribution in [0, 0.1) is 0 Å². The standard InChI is InChI=1S/C20H19ClN4O4/c1-4-25-19(28)14-7-5-11(9-16(14)23-20(25)29)17(26)22-12-6-8-13(15(21)10-12)18(27)24(2)3/h5-10H,4H2,1-3H3,(H,22,26)(H,23,29). The number of fused-ring (bicyclic) bond motifs is 1. The van der Waals surface area contributed by atoms with Crippen LogP contribution in [0.4, 0.5) is 5.69 Å². The van der Waals surface area contributed by atoms with E-state index in [1.165, 1.54) is 35.2 Å². The molecule has 1 aromatic heterocycles. The molecule has 29 heavy (non-hydrogen) atoms. The summed E-state index contributed by atoms with van der Waals surface area (Å²) in [7, 11) is 3.24. The number of nitrogens with one attached hydrogen (secondary N) is 2. The molecule has 0 atom stereocenters. The minimum atomic E-state index is -0.532. The molecular formula is C20H19ClN4O4. The van der Waals surface area contributed by atoms with Crippen LogP contribution in [0.15, 0.2) is 46.0 Å². The molecule has 3 rings (SSSR count). The van der Waals surface area contributed by atoms with Gasteiger partial charge in [0, 0.05) is 31.9 Å². The van der Waals surface area contributed by atoms with Crippen LogP contribution in [0.3, 0.4) is 0 Å². The van der Waals surface area contributed by atoms with Gasteiger partial charge in [0.05, 0.1) is 21.5 Å². The maximum atomic E-state index is 12.6. The highest BCUT2D eigenvalue weighted by Gasteiger charge is 2.15. The quantitative estimate of drug-likeness (QED) is 0.683. The summed E-state index contributed by atoms with van der Waals surface area (Å²) in [5.74, 6) is -0.695. The van der Waals surface area contributed by atoms with E-state index >= 15 is 0 Å². The smallest absolute Gasteiger partial charge is 0.328 e. The number of carbonyl (C=O) groups excluding carboxylic acids is 2. The van der Waals surface area contributed by atoms with Gasteiger partial charge in [-0.2, -0.15) is 0 Å². The Bertz CT molecular complexity index is 1240. The summed E-state index contributed by atoms with van der Waals surface area (Å²) in [6.07, 6.45) is 0. The zero-order chi connectivity index (χ0) is 21.3.